The lowest BCUT2D eigenvalue weighted by Gasteiger charge is -2.05. The van der Waals surface area contributed by atoms with Crippen LogP contribution in [0.5, 0.6) is 0 Å². The second-order valence-corrected chi connectivity index (χ2v) is 3.84. The van der Waals surface area contributed by atoms with Crippen LogP contribution < -0.4 is 5.73 Å². The highest BCUT2D eigenvalue weighted by Crippen LogP contribution is 2.15. The Balaban J connectivity index is 2.89. The molecule has 2 N–H and O–H groups in total. The summed E-state index contributed by atoms with van der Waals surface area (Å²) in [4.78, 5) is 11.5. The minimum atomic E-state index is 0.167. The zero-order chi connectivity index (χ0) is 11.3. The van der Waals surface area contributed by atoms with E-state index in [1.165, 1.54) is 5.56 Å². The second-order valence-electron chi connectivity index (χ2n) is 3.84. The molecule has 0 spiro atoms. The molecule has 82 valence electrons. The lowest BCUT2D eigenvalue weighted by molar-refractivity contribution is 0.0988. The summed E-state index contributed by atoms with van der Waals surface area (Å²) < 4.78 is 0. The number of hydrogen-bond acceptors (Lipinski definition) is 2. The molecule has 1 aromatic rings. The molecule has 0 unspecified atom stereocenters. The fourth-order valence-corrected chi connectivity index (χ4v) is 1.61. The van der Waals surface area contributed by atoms with Gasteiger partial charge in [-0.3, -0.25) is 4.79 Å². The van der Waals surface area contributed by atoms with Gasteiger partial charge in [0, 0.05) is 17.7 Å². The first-order valence-corrected chi connectivity index (χ1v) is 5.60. The van der Waals surface area contributed by atoms with Crippen molar-refractivity contribution in [1.82, 2.24) is 0 Å². The summed E-state index contributed by atoms with van der Waals surface area (Å²) in [5, 5.41) is 0. The third-order valence-corrected chi connectivity index (χ3v) is 2.48. The highest BCUT2D eigenvalue weighted by atomic mass is 16.1. The number of aryl methyl sites for hydroxylation is 1. The van der Waals surface area contributed by atoms with Gasteiger partial charge in [0.25, 0.3) is 0 Å². The Morgan fingerprint density at radius 1 is 1.27 bits per heavy atom. The molecule has 0 fully saturated rings. The summed E-state index contributed by atoms with van der Waals surface area (Å²) in [5.74, 6) is 0.167. The largest absolute Gasteiger partial charge is 0.399 e. The number of ketones is 1. The fourth-order valence-electron chi connectivity index (χ4n) is 1.61. The molecule has 0 aliphatic heterocycles. The molecule has 1 rings (SSSR count). The first kappa shape index (κ1) is 11.8. The second kappa shape index (κ2) is 5.54. The Hall–Kier alpha value is -1.31. The third kappa shape index (κ3) is 3.39. The van der Waals surface area contributed by atoms with Gasteiger partial charge in [-0.05, 0) is 36.6 Å². The van der Waals surface area contributed by atoms with Crippen molar-refractivity contribution in [2.45, 2.75) is 39.5 Å². The van der Waals surface area contributed by atoms with Gasteiger partial charge in [0.15, 0.2) is 5.78 Å². The highest BCUT2D eigenvalue weighted by Gasteiger charge is 2.05. The van der Waals surface area contributed by atoms with E-state index in [2.05, 4.69) is 6.92 Å². The number of carbonyl (C=O) groups is 1. The lowest BCUT2D eigenvalue weighted by atomic mass is 10.0. The maximum atomic E-state index is 11.5. The van der Waals surface area contributed by atoms with Crippen molar-refractivity contribution in [3.63, 3.8) is 0 Å². The van der Waals surface area contributed by atoms with E-state index in [0.29, 0.717) is 12.1 Å². The van der Waals surface area contributed by atoms with Crippen LogP contribution in [0.25, 0.3) is 0 Å². The quantitative estimate of drug-likeness (QED) is 0.592. The number of nitrogen functional groups attached to an aromatic ring is 1. The average molecular weight is 205 g/mol. The minimum absolute atomic E-state index is 0.167. The van der Waals surface area contributed by atoms with Crippen molar-refractivity contribution in [3.05, 3.63) is 29.3 Å². The summed E-state index contributed by atoms with van der Waals surface area (Å²) in [6.07, 6.45) is 3.84. The molecule has 0 heterocycles. The summed E-state index contributed by atoms with van der Waals surface area (Å²) in [7, 11) is 0. The van der Waals surface area contributed by atoms with E-state index in [-0.39, 0.29) is 5.78 Å². The maximum absolute atomic E-state index is 11.5. The van der Waals surface area contributed by atoms with E-state index in [0.717, 1.165) is 24.8 Å². The molecule has 0 saturated carbocycles. The molecule has 0 radical (unpaired) electrons. The summed E-state index contributed by atoms with van der Waals surface area (Å²) in [6, 6.07) is 5.70. The number of benzene rings is 1. The average Bonchev–Trinajstić information content (AvgIpc) is 2.24. The van der Waals surface area contributed by atoms with Crippen LogP contribution in [0.3, 0.4) is 0 Å². The van der Waals surface area contributed by atoms with E-state index in [9.17, 15) is 4.79 Å². The first-order chi connectivity index (χ1) is 7.17. The van der Waals surface area contributed by atoms with Gasteiger partial charge in [0.05, 0.1) is 0 Å². The van der Waals surface area contributed by atoms with Crippen LogP contribution in [0.4, 0.5) is 5.69 Å². The van der Waals surface area contributed by atoms with Crippen LogP contribution in [0.2, 0.25) is 0 Å². The molecule has 2 nitrogen and oxygen atoms in total. The SMILES string of the molecule is CCCCc1cc(N)cc(C(=O)CC)c1. The van der Waals surface area contributed by atoms with Crippen molar-refractivity contribution in [3.8, 4) is 0 Å². The van der Waals surface area contributed by atoms with E-state index in [1.807, 2.05) is 19.1 Å². The monoisotopic (exact) mass is 205 g/mol. The van der Waals surface area contributed by atoms with Crippen LogP contribution in [0, 0.1) is 0 Å². The normalized spacial score (nSPS) is 10.3. The fraction of sp³-hybridized carbons (Fsp3) is 0.462. The molecule has 0 aliphatic rings. The van der Waals surface area contributed by atoms with Gasteiger partial charge in [-0.15, -0.1) is 0 Å². The van der Waals surface area contributed by atoms with Crippen LogP contribution in [0.1, 0.15) is 49.0 Å². The zero-order valence-corrected chi connectivity index (χ0v) is 9.55. The molecule has 15 heavy (non-hydrogen) atoms. The van der Waals surface area contributed by atoms with Crippen LogP contribution in [-0.2, 0) is 6.42 Å². The van der Waals surface area contributed by atoms with Crippen molar-refractivity contribution in [2.24, 2.45) is 0 Å². The van der Waals surface area contributed by atoms with Gasteiger partial charge in [-0.25, -0.2) is 0 Å². The van der Waals surface area contributed by atoms with E-state index >= 15 is 0 Å². The number of unbranched alkanes of at least 4 members (excludes halogenated alkanes) is 1. The van der Waals surface area contributed by atoms with Crippen molar-refractivity contribution >= 4 is 11.5 Å². The molecule has 0 atom stereocenters. The molecule has 0 saturated heterocycles. The Morgan fingerprint density at radius 3 is 2.60 bits per heavy atom. The van der Waals surface area contributed by atoms with Gasteiger partial charge in [-0.2, -0.15) is 0 Å². The smallest absolute Gasteiger partial charge is 0.162 e. The molecule has 2 heteroatoms. The molecule has 0 aromatic heterocycles. The predicted octanol–water partition coefficient (Wildman–Crippen LogP) is 3.20. The molecular formula is C13H19NO. The van der Waals surface area contributed by atoms with E-state index in [1.54, 1.807) is 6.07 Å². The number of rotatable bonds is 5. The number of anilines is 1. The zero-order valence-electron chi connectivity index (χ0n) is 9.55. The number of Topliss-reactive ketones (excluding diaryl/α,β-unsaturated/α-hetero) is 1. The topological polar surface area (TPSA) is 43.1 Å². The van der Waals surface area contributed by atoms with Crippen molar-refractivity contribution < 1.29 is 4.79 Å². The Morgan fingerprint density at radius 2 is 2.00 bits per heavy atom. The molecular weight excluding hydrogens is 186 g/mol. The van der Waals surface area contributed by atoms with Gasteiger partial charge in [0.2, 0.25) is 0 Å². The van der Waals surface area contributed by atoms with Gasteiger partial charge in [-0.1, -0.05) is 20.3 Å². The van der Waals surface area contributed by atoms with Crippen LogP contribution in [0.15, 0.2) is 18.2 Å². The number of hydrogen-bond donors (Lipinski definition) is 1. The molecule has 1 aromatic carbocycles. The summed E-state index contributed by atoms with van der Waals surface area (Å²) in [5.41, 5.74) is 8.39. The van der Waals surface area contributed by atoms with E-state index in [4.69, 9.17) is 5.73 Å². The van der Waals surface area contributed by atoms with Crippen molar-refractivity contribution in [2.75, 3.05) is 5.73 Å². The Bertz CT molecular complexity index is 344. The van der Waals surface area contributed by atoms with Crippen LogP contribution >= 0.6 is 0 Å². The van der Waals surface area contributed by atoms with Gasteiger partial charge < -0.3 is 5.73 Å². The maximum Gasteiger partial charge on any atom is 0.162 e. The lowest BCUT2D eigenvalue weighted by Crippen LogP contribution is -2.00. The predicted molar refractivity (Wildman–Crippen MR) is 64.1 cm³/mol. The van der Waals surface area contributed by atoms with Crippen molar-refractivity contribution in [1.29, 1.82) is 0 Å². The molecule has 0 amide bonds. The van der Waals surface area contributed by atoms with Gasteiger partial charge in [0.1, 0.15) is 0 Å². The van der Waals surface area contributed by atoms with E-state index < -0.39 is 0 Å². The first-order valence-electron chi connectivity index (χ1n) is 5.60. The molecule has 0 aliphatic carbocycles. The van der Waals surface area contributed by atoms with Crippen LogP contribution in [-0.4, -0.2) is 5.78 Å². The minimum Gasteiger partial charge on any atom is -0.399 e. The third-order valence-electron chi connectivity index (χ3n) is 2.48. The molecule has 0 bridgehead atoms. The summed E-state index contributed by atoms with van der Waals surface area (Å²) in [6.45, 7) is 4.03. The Labute approximate surface area is 91.5 Å². The standard InChI is InChI=1S/C13H19NO/c1-3-5-6-10-7-11(13(15)4-2)9-12(14)8-10/h7-9H,3-6,14H2,1-2H3. The summed E-state index contributed by atoms with van der Waals surface area (Å²) >= 11 is 0. The number of carbonyl (C=O) groups excluding carboxylic acids is 1. The number of nitrogens with two attached hydrogens (primary N) is 1. The van der Waals surface area contributed by atoms with Gasteiger partial charge >= 0.3 is 0 Å². The Kier molecular flexibility index (Phi) is 4.35. The highest BCUT2D eigenvalue weighted by molar-refractivity contribution is 5.96.